The summed E-state index contributed by atoms with van der Waals surface area (Å²) in [6.45, 7) is 6.48. The van der Waals surface area contributed by atoms with E-state index < -0.39 is 5.41 Å². The molecule has 0 heterocycles. The van der Waals surface area contributed by atoms with Gasteiger partial charge in [0, 0.05) is 17.3 Å². The van der Waals surface area contributed by atoms with Crippen LogP contribution < -0.4 is 10.6 Å². The number of hydrogen-bond donors (Lipinski definition) is 2. The summed E-state index contributed by atoms with van der Waals surface area (Å²) in [6.07, 6.45) is 0.837. The summed E-state index contributed by atoms with van der Waals surface area (Å²) in [7, 11) is 3.96. The van der Waals surface area contributed by atoms with Gasteiger partial charge < -0.3 is 15.5 Å². The fourth-order valence-electron chi connectivity index (χ4n) is 1.94. The molecule has 23 heavy (non-hydrogen) atoms. The maximum atomic E-state index is 12.5. The molecule has 0 unspecified atom stereocenters. The topological polar surface area (TPSA) is 61.4 Å². The fourth-order valence-corrected chi connectivity index (χ4v) is 2.12. The summed E-state index contributed by atoms with van der Waals surface area (Å²) in [5.41, 5.74) is 0.244. The van der Waals surface area contributed by atoms with Crippen molar-refractivity contribution < 1.29 is 9.59 Å². The van der Waals surface area contributed by atoms with Crippen LogP contribution in [0.4, 0.5) is 5.69 Å². The molecule has 2 amide bonds. The van der Waals surface area contributed by atoms with Gasteiger partial charge in [-0.15, -0.1) is 0 Å². The lowest BCUT2D eigenvalue weighted by Gasteiger charge is -2.23. The van der Waals surface area contributed by atoms with Crippen LogP contribution in [0.5, 0.6) is 0 Å². The first-order valence-corrected chi connectivity index (χ1v) is 8.03. The predicted molar refractivity (Wildman–Crippen MR) is 94.8 cm³/mol. The molecule has 0 bridgehead atoms. The first-order valence-electron chi connectivity index (χ1n) is 7.66. The molecule has 5 nitrogen and oxygen atoms in total. The van der Waals surface area contributed by atoms with Gasteiger partial charge in [0.15, 0.2) is 0 Å². The van der Waals surface area contributed by atoms with Gasteiger partial charge in [0.1, 0.15) is 5.41 Å². The Balaban J connectivity index is 2.65. The third-order valence-corrected chi connectivity index (χ3v) is 4.13. The number of anilines is 1. The predicted octanol–water partition coefficient (Wildman–Crippen LogP) is 2.68. The highest BCUT2D eigenvalue weighted by atomic mass is 35.5. The summed E-state index contributed by atoms with van der Waals surface area (Å²) in [6, 6.07) is 5.29. The Morgan fingerprint density at radius 3 is 2.48 bits per heavy atom. The van der Waals surface area contributed by atoms with E-state index in [4.69, 9.17) is 11.6 Å². The molecule has 0 fully saturated rings. The third kappa shape index (κ3) is 5.52. The van der Waals surface area contributed by atoms with E-state index in [1.54, 1.807) is 32.0 Å². The van der Waals surface area contributed by atoms with Crippen molar-refractivity contribution in [2.75, 3.05) is 32.5 Å². The Hall–Kier alpha value is -1.59. The molecule has 0 spiro atoms. The highest BCUT2D eigenvalue weighted by Crippen LogP contribution is 2.25. The summed E-state index contributed by atoms with van der Waals surface area (Å²) < 4.78 is 0. The van der Waals surface area contributed by atoms with Crippen molar-refractivity contribution in [2.24, 2.45) is 5.41 Å². The summed E-state index contributed by atoms with van der Waals surface area (Å²) in [5, 5.41) is 6.18. The lowest BCUT2D eigenvalue weighted by molar-refractivity contribution is -0.138. The summed E-state index contributed by atoms with van der Waals surface area (Å²) >= 11 is 6.05. The number of benzene rings is 1. The molecule has 0 aliphatic rings. The highest BCUT2D eigenvalue weighted by Gasteiger charge is 2.36. The van der Waals surface area contributed by atoms with Crippen LogP contribution in [0, 0.1) is 12.3 Å². The van der Waals surface area contributed by atoms with Crippen LogP contribution in [0.1, 0.15) is 25.8 Å². The van der Waals surface area contributed by atoms with Crippen LogP contribution in [0.25, 0.3) is 0 Å². The van der Waals surface area contributed by atoms with Crippen LogP contribution in [-0.4, -0.2) is 43.9 Å². The number of carbonyl (C=O) groups excluding carboxylic acids is 2. The maximum Gasteiger partial charge on any atom is 0.239 e. The summed E-state index contributed by atoms with van der Waals surface area (Å²) in [5.74, 6) is -0.638. The van der Waals surface area contributed by atoms with Crippen LogP contribution in [0.3, 0.4) is 0 Å². The summed E-state index contributed by atoms with van der Waals surface area (Å²) in [4.78, 5) is 26.8. The van der Waals surface area contributed by atoms with Gasteiger partial charge in [-0.25, -0.2) is 0 Å². The van der Waals surface area contributed by atoms with Crippen molar-refractivity contribution >= 4 is 29.1 Å². The quantitative estimate of drug-likeness (QED) is 0.593. The van der Waals surface area contributed by atoms with Crippen LogP contribution >= 0.6 is 11.6 Å². The average Bonchev–Trinajstić information content (AvgIpc) is 2.47. The minimum absolute atomic E-state index is 0.284. The molecule has 1 rings (SSSR count). The largest absolute Gasteiger partial charge is 0.355 e. The van der Waals surface area contributed by atoms with Gasteiger partial charge >= 0.3 is 0 Å². The van der Waals surface area contributed by atoms with Crippen molar-refractivity contribution in [2.45, 2.75) is 27.2 Å². The van der Waals surface area contributed by atoms with E-state index in [9.17, 15) is 9.59 Å². The zero-order chi connectivity index (χ0) is 17.6. The number of halogens is 1. The SMILES string of the molecule is Cc1c(Cl)cccc1NC(=O)C(C)(C)C(=O)NCCCN(C)C. The molecule has 6 heteroatoms. The van der Waals surface area contributed by atoms with Crippen LogP contribution in [-0.2, 0) is 9.59 Å². The van der Waals surface area contributed by atoms with Gasteiger partial charge in [-0.2, -0.15) is 0 Å². The van der Waals surface area contributed by atoms with Crippen LogP contribution in [0.2, 0.25) is 5.02 Å². The van der Waals surface area contributed by atoms with Gasteiger partial charge in [-0.3, -0.25) is 9.59 Å². The Labute approximate surface area is 143 Å². The normalized spacial score (nSPS) is 11.4. The van der Waals surface area contributed by atoms with E-state index in [-0.39, 0.29) is 11.8 Å². The molecule has 0 saturated carbocycles. The Bertz CT molecular complexity index is 571. The molecule has 0 radical (unpaired) electrons. The maximum absolute atomic E-state index is 12.5. The first-order chi connectivity index (χ1) is 10.7. The Morgan fingerprint density at radius 1 is 1.22 bits per heavy atom. The number of nitrogens with zero attached hydrogens (tertiary/aromatic N) is 1. The molecule has 2 N–H and O–H groups in total. The van der Waals surface area contributed by atoms with Gasteiger partial charge in [0.05, 0.1) is 0 Å². The van der Waals surface area contributed by atoms with Crippen molar-refractivity contribution in [3.8, 4) is 0 Å². The smallest absolute Gasteiger partial charge is 0.239 e. The zero-order valence-corrected chi connectivity index (χ0v) is 15.3. The van der Waals surface area contributed by atoms with Crippen molar-refractivity contribution in [1.82, 2.24) is 10.2 Å². The second-order valence-corrected chi connectivity index (χ2v) is 6.81. The van der Waals surface area contributed by atoms with Gasteiger partial charge in [0.2, 0.25) is 11.8 Å². The Kier molecular flexibility index (Phi) is 7.03. The van der Waals surface area contributed by atoms with Crippen molar-refractivity contribution in [1.29, 1.82) is 0 Å². The number of hydrogen-bond acceptors (Lipinski definition) is 3. The minimum Gasteiger partial charge on any atom is -0.355 e. The van der Waals surface area contributed by atoms with E-state index in [1.165, 1.54) is 0 Å². The standard InChI is InChI=1S/C17H26ClN3O2/c1-12-13(18)8-6-9-14(12)20-16(23)17(2,3)15(22)19-10-7-11-21(4)5/h6,8-9H,7,10-11H2,1-5H3,(H,19,22)(H,20,23). The van der Waals surface area contributed by atoms with Crippen molar-refractivity contribution in [3.05, 3.63) is 28.8 Å². The van der Waals surface area contributed by atoms with E-state index in [1.807, 2.05) is 25.9 Å². The second kappa shape index (κ2) is 8.31. The minimum atomic E-state index is -1.16. The lowest BCUT2D eigenvalue weighted by atomic mass is 9.90. The van der Waals surface area contributed by atoms with Gasteiger partial charge in [-0.05, 0) is 65.5 Å². The second-order valence-electron chi connectivity index (χ2n) is 6.40. The number of rotatable bonds is 7. The zero-order valence-electron chi connectivity index (χ0n) is 14.5. The van der Waals surface area contributed by atoms with E-state index in [0.717, 1.165) is 18.5 Å². The van der Waals surface area contributed by atoms with E-state index >= 15 is 0 Å². The first kappa shape index (κ1) is 19.5. The number of nitrogens with one attached hydrogen (secondary N) is 2. The number of amides is 2. The fraction of sp³-hybridized carbons (Fsp3) is 0.529. The van der Waals surface area contributed by atoms with Gasteiger partial charge in [-0.1, -0.05) is 17.7 Å². The van der Waals surface area contributed by atoms with Gasteiger partial charge in [0.25, 0.3) is 0 Å². The third-order valence-electron chi connectivity index (χ3n) is 3.72. The molecule has 0 aliphatic carbocycles. The Morgan fingerprint density at radius 2 is 1.87 bits per heavy atom. The van der Waals surface area contributed by atoms with Crippen molar-refractivity contribution in [3.63, 3.8) is 0 Å². The van der Waals surface area contributed by atoms with Crippen LogP contribution in [0.15, 0.2) is 18.2 Å². The lowest BCUT2D eigenvalue weighted by Crippen LogP contribution is -2.45. The molecule has 0 aromatic heterocycles. The molecule has 1 aromatic carbocycles. The molecule has 0 saturated heterocycles. The molecule has 1 aromatic rings. The molecule has 128 valence electrons. The monoisotopic (exact) mass is 339 g/mol. The highest BCUT2D eigenvalue weighted by molar-refractivity contribution is 6.31. The average molecular weight is 340 g/mol. The van der Waals surface area contributed by atoms with E-state index in [2.05, 4.69) is 10.6 Å². The molecular weight excluding hydrogens is 314 g/mol. The number of carbonyl (C=O) groups is 2. The molecule has 0 atom stereocenters. The molecular formula is C17H26ClN3O2. The van der Waals surface area contributed by atoms with E-state index in [0.29, 0.717) is 17.3 Å². The molecule has 0 aliphatic heterocycles.